The molecule has 2 heterocycles. The van der Waals surface area contributed by atoms with Gasteiger partial charge in [-0.15, -0.1) is 0 Å². The monoisotopic (exact) mass is 378 g/mol. The highest BCUT2D eigenvalue weighted by molar-refractivity contribution is 5.72. The van der Waals surface area contributed by atoms with Crippen LogP contribution >= 0.6 is 0 Å². The first-order chi connectivity index (χ1) is 13.5. The third-order valence-corrected chi connectivity index (χ3v) is 4.80. The van der Waals surface area contributed by atoms with Crippen molar-refractivity contribution >= 4 is 11.8 Å². The summed E-state index contributed by atoms with van der Waals surface area (Å²) in [5.74, 6) is 1.05. The molecule has 0 amide bonds. The van der Waals surface area contributed by atoms with E-state index in [-0.39, 0.29) is 0 Å². The van der Waals surface area contributed by atoms with Crippen LogP contribution < -0.4 is 10.6 Å². The van der Waals surface area contributed by atoms with Crippen molar-refractivity contribution < 1.29 is 4.39 Å². The van der Waals surface area contributed by atoms with Gasteiger partial charge in [0.15, 0.2) is 5.82 Å². The van der Waals surface area contributed by atoms with Crippen molar-refractivity contribution in [2.24, 2.45) is 0 Å². The summed E-state index contributed by atoms with van der Waals surface area (Å²) in [6.07, 6.45) is 10.1. The van der Waals surface area contributed by atoms with Crippen molar-refractivity contribution in [3.63, 3.8) is 0 Å². The Balaban J connectivity index is 1.55. The predicted molar refractivity (Wildman–Crippen MR) is 110 cm³/mol. The number of nitrogens with one attached hydrogen (secondary N) is 4. The molecule has 6 nitrogen and oxygen atoms in total. The van der Waals surface area contributed by atoms with E-state index in [0.717, 1.165) is 47.0 Å². The van der Waals surface area contributed by atoms with Crippen LogP contribution in [0.3, 0.4) is 0 Å². The molecule has 0 bridgehead atoms. The Hall–Kier alpha value is -3.35. The second-order valence-corrected chi connectivity index (χ2v) is 7.06. The molecule has 7 heteroatoms. The summed E-state index contributed by atoms with van der Waals surface area (Å²) < 4.78 is 13.5. The summed E-state index contributed by atoms with van der Waals surface area (Å²) in [6.45, 7) is 11.4. The highest BCUT2D eigenvalue weighted by Gasteiger charge is 2.22. The van der Waals surface area contributed by atoms with Crippen molar-refractivity contribution in [2.45, 2.75) is 31.7 Å². The van der Waals surface area contributed by atoms with Crippen molar-refractivity contribution in [3.8, 4) is 11.5 Å². The van der Waals surface area contributed by atoms with E-state index in [1.165, 1.54) is 25.0 Å². The summed E-state index contributed by atoms with van der Waals surface area (Å²) in [4.78, 5) is 8.06. The van der Waals surface area contributed by atoms with Crippen LogP contribution in [0.1, 0.15) is 30.7 Å². The highest BCUT2D eigenvalue weighted by Crippen LogP contribution is 2.31. The number of rotatable bonds is 8. The van der Waals surface area contributed by atoms with Gasteiger partial charge in [0.1, 0.15) is 11.5 Å². The first-order valence-electron chi connectivity index (χ1n) is 9.28. The lowest BCUT2D eigenvalue weighted by molar-refractivity contribution is 0.666. The molecule has 0 radical (unpaired) electrons. The van der Waals surface area contributed by atoms with Gasteiger partial charge in [-0.25, -0.2) is 9.37 Å². The Morgan fingerprint density at radius 3 is 2.86 bits per heavy atom. The molecular weight excluding hydrogens is 355 g/mol. The maximum absolute atomic E-state index is 13.5. The second kappa shape index (κ2) is 7.34. The lowest BCUT2D eigenvalue weighted by Gasteiger charge is -2.12. The van der Waals surface area contributed by atoms with Crippen LogP contribution in [0.2, 0.25) is 0 Å². The SMILES string of the molecule is C=C/C(F)=C\C(=C)C1=Cc2nc(-c3[nH]ncc3NC(=C)NC3CC3)[nH]c2CC1. The lowest BCUT2D eigenvalue weighted by atomic mass is 9.94. The Bertz CT molecular complexity index is 1000. The van der Waals surface area contributed by atoms with E-state index in [1.807, 2.05) is 6.08 Å². The molecule has 0 aromatic carbocycles. The number of halogens is 1. The molecule has 0 unspecified atom stereocenters. The van der Waals surface area contributed by atoms with Crippen LogP contribution in [0.15, 0.2) is 60.9 Å². The van der Waals surface area contributed by atoms with Crippen molar-refractivity contribution in [1.29, 1.82) is 0 Å². The van der Waals surface area contributed by atoms with Gasteiger partial charge in [-0.1, -0.05) is 19.7 Å². The number of imidazole rings is 1. The van der Waals surface area contributed by atoms with Gasteiger partial charge in [0.2, 0.25) is 0 Å². The molecule has 2 aliphatic carbocycles. The van der Waals surface area contributed by atoms with Crippen LogP contribution in [0.5, 0.6) is 0 Å². The minimum absolute atomic E-state index is 0.396. The number of aromatic amines is 2. The molecule has 4 N–H and O–H groups in total. The van der Waals surface area contributed by atoms with Crippen molar-refractivity contribution in [2.75, 3.05) is 5.32 Å². The summed E-state index contributed by atoms with van der Waals surface area (Å²) >= 11 is 0. The Morgan fingerprint density at radius 1 is 1.29 bits per heavy atom. The molecule has 0 atom stereocenters. The van der Waals surface area contributed by atoms with Crippen molar-refractivity contribution in [3.05, 3.63) is 72.3 Å². The van der Waals surface area contributed by atoms with E-state index in [9.17, 15) is 4.39 Å². The zero-order chi connectivity index (χ0) is 19.7. The molecule has 144 valence electrons. The van der Waals surface area contributed by atoms with Crippen LogP contribution in [-0.4, -0.2) is 26.2 Å². The number of fused-ring (bicyclic) bond motifs is 1. The molecule has 0 aliphatic heterocycles. The third kappa shape index (κ3) is 3.83. The van der Waals surface area contributed by atoms with Gasteiger partial charge in [-0.2, -0.15) is 5.10 Å². The van der Waals surface area contributed by atoms with E-state index in [2.05, 4.69) is 45.6 Å². The topological polar surface area (TPSA) is 81.4 Å². The smallest absolute Gasteiger partial charge is 0.158 e. The fourth-order valence-electron chi connectivity index (χ4n) is 3.15. The van der Waals surface area contributed by atoms with Gasteiger partial charge in [-0.3, -0.25) is 5.10 Å². The van der Waals surface area contributed by atoms with E-state index in [4.69, 9.17) is 4.98 Å². The molecular formula is C21H23FN6. The average Bonchev–Trinajstić information content (AvgIpc) is 3.20. The van der Waals surface area contributed by atoms with E-state index in [0.29, 0.717) is 17.4 Å². The fourth-order valence-corrected chi connectivity index (χ4v) is 3.15. The highest BCUT2D eigenvalue weighted by atomic mass is 19.1. The van der Waals surface area contributed by atoms with Gasteiger partial charge in [0, 0.05) is 11.7 Å². The fraction of sp³-hybridized carbons (Fsp3) is 0.238. The first kappa shape index (κ1) is 18.0. The number of H-pyrrole nitrogens is 2. The van der Waals surface area contributed by atoms with Gasteiger partial charge in [0.05, 0.1) is 23.4 Å². The van der Waals surface area contributed by atoms with Gasteiger partial charge < -0.3 is 15.6 Å². The number of nitrogens with zero attached hydrogens (tertiary/aromatic N) is 2. The predicted octanol–water partition coefficient (Wildman–Crippen LogP) is 4.36. The van der Waals surface area contributed by atoms with Gasteiger partial charge >= 0.3 is 0 Å². The number of anilines is 1. The largest absolute Gasteiger partial charge is 0.369 e. The van der Waals surface area contributed by atoms with Gasteiger partial charge in [-0.05, 0) is 55.1 Å². The lowest BCUT2D eigenvalue weighted by Crippen LogP contribution is -2.20. The molecule has 2 aromatic heterocycles. The van der Waals surface area contributed by atoms with Crippen LogP contribution in [-0.2, 0) is 6.42 Å². The van der Waals surface area contributed by atoms with Crippen LogP contribution in [0.25, 0.3) is 17.6 Å². The molecule has 1 saturated carbocycles. The summed E-state index contributed by atoms with van der Waals surface area (Å²) in [7, 11) is 0. The molecule has 28 heavy (non-hydrogen) atoms. The molecule has 1 fully saturated rings. The van der Waals surface area contributed by atoms with E-state index < -0.39 is 5.83 Å². The average molecular weight is 378 g/mol. The number of aromatic nitrogens is 4. The molecule has 0 saturated heterocycles. The van der Waals surface area contributed by atoms with Crippen LogP contribution in [0, 0.1) is 0 Å². The molecule has 2 aromatic rings. The quantitative estimate of drug-likeness (QED) is 0.515. The van der Waals surface area contributed by atoms with E-state index in [1.54, 1.807) is 6.20 Å². The Labute approximate surface area is 163 Å². The number of allylic oxidation sites excluding steroid dienone is 5. The number of aryl methyl sites for hydroxylation is 1. The Morgan fingerprint density at radius 2 is 2.11 bits per heavy atom. The first-order valence-corrected chi connectivity index (χ1v) is 9.28. The summed E-state index contributed by atoms with van der Waals surface area (Å²) in [5, 5.41) is 13.7. The minimum Gasteiger partial charge on any atom is -0.369 e. The van der Waals surface area contributed by atoms with Gasteiger partial charge in [0.25, 0.3) is 0 Å². The standard InChI is InChI=1S/C21H23FN6/c1-4-15(22)9-12(2)14-5-8-17-18(10-14)27-21(26-17)20-19(11-23-28-20)25-13(3)24-16-6-7-16/h4,9-11,16,24-25H,1-3,5-8H2,(H,23,28)(H,26,27)/b15-9+. The maximum atomic E-state index is 13.5. The zero-order valence-corrected chi connectivity index (χ0v) is 15.6. The minimum atomic E-state index is -0.396. The molecule has 4 rings (SSSR count). The normalized spacial score (nSPS) is 16.2. The number of hydrogen-bond donors (Lipinski definition) is 4. The Kier molecular flexibility index (Phi) is 4.73. The summed E-state index contributed by atoms with van der Waals surface area (Å²) in [6, 6.07) is 0.517. The molecule has 0 spiro atoms. The maximum Gasteiger partial charge on any atom is 0.158 e. The van der Waals surface area contributed by atoms with Crippen molar-refractivity contribution in [1.82, 2.24) is 25.5 Å². The van der Waals surface area contributed by atoms with E-state index >= 15 is 0 Å². The zero-order valence-electron chi connectivity index (χ0n) is 15.6. The number of hydrogen-bond acceptors (Lipinski definition) is 4. The van der Waals surface area contributed by atoms with Crippen LogP contribution in [0.4, 0.5) is 10.1 Å². The molecule has 2 aliphatic rings. The summed E-state index contributed by atoms with van der Waals surface area (Å²) in [5.41, 5.74) is 5.04. The second-order valence-electron chi connectivity index (χ2n) is 7.06. The third-order valence-electron chi connectivity index (χ3n) is 4.80.